The van der Waals surface area contributed by atoms with E-state index < -0.39 is 11.9 Å². The van der Waals surface area contributed by atoms with Gasteiger partial charge in [0.15, 0.2) is 0 Å². The van der Waals surface area contributed by atoms with E-state index in [1.165, 1.54) is 6.42 Å². The number of carbonyl (C=O) groups excluding carboxylic acids is 1. The summed E-state index contributed by atoms with van der Waals surface area (Å²) in [7, 11) is 0. The zero-order chi connectivity index (χ0) is 9.90. The summed E-state index contributed by atoms with van der Waals surface area (Å²) in [5.74, 6) is -1.78. The molecular formula is C10H16O3. The van der Waals surface area contributed by atoms with Crippen LogP contribution in [0.4, 0.5) is 0 Å². The van der Waals surface area contributed by atoms with Crippen molar-refractivity contribution in [2.24, 2.45) is 11.3 Å². The molecule has 0 radical (unpaired) electrons. The van der Waals surface area contributed by atoms with Crippen molar-refractivity contribution in [3.05, 3.63) is 0 Å². The highest BCUT2D eigenvalue weighted by Crippen LogP contribution is 2.41. The standard InChI is InChI=1S/C10H16O3/c1-10(5-3-2-4-6-10)8(7-11)9(12)13/h7-8H,2-6H2,1H3,(H,12,13). The van der Waals surface area contributed by atoms with Crippen LogP contribution in [0.3, 0.4) is 0 Å². The molecule has 0 aromatic rings. The Hall–Kier alpha value is -0.860. The van der Waals surface area contributed by atoms with Crippen molar-refractivity contribution in [2.45, 2.75) is 39.0 Å². The van der Waals surface area contributed by atoms with E-state index in [0.29, 0.717) is 6.29 Å². The minimum atomic E-state index is -0.973. The van der Waals surface area contributed by atoms with E-state index in [1.807, 2.05) is 6.92 Å². The maximum atomic E-state index is 10.8. The molecule has 3 heteroatoms. The molecule has 1 N–H and O–H groups in total. The van der Waals surface area contributed by atoms with Crippen LogP contribution in [0.25, 0.3) is 0 Å². The zero-order valence-electron chi connectivity index (χ0n) is 7.95. The summed E-state index contributed by atoms with van der Waals surface area (Å²) in [6, 6.07) is 0. The molecule has 0 bridgehead atoms. The number of hydrogen-bond acceptors (Lipinski definition) is 2. The molecule has 1 saturated carbocycles. The molecular weight excluding hydrogens is 168 g/mol. The van der Waals surface area contributed by atoms with Crippen LogP contribution in [-0.4, -0.2) is 17.4 Å². The lowest BCUT2D eigenvalue weighted by atomic mass is 9.68. The second kappa shape index (κ2) is 3.90. The van der Waals surface area contributed by atoms with E-state index in [4.69, 9.17) is 5.11 Å². The van der Waals surface area contributed by atoms with E-state index >= 15 is 0 Å². The van der Waals surface area contributed by atoms with Crippen LogP contribution in [0.1, 0.15) is 39.0 Å². The average Bonchev–Trinajstić information content (AvgIpc) is 2.05. The maximum Gasteiger partial charge on any atom is 0.314 e. The molecule has 0 spiro atoms. The number of carbonyl (C=O) groups is 2. The number of hydrogen-bond donors (Lipinski definition) is 1. The summed E-state index contributed by atoms with van der Waals surface area (Å²) in [5, 5.41) is 8.86. The van der Waals surface area contributed by atoms with Crippen LogP contribution in [0.5, 0.6) is 0 Å². The summed E-state index contributed by atoms with van der Waals surface area (Å²) in [6.45, 7) is 1.92. The molecule has 0 aromatic heterocycles. The fraction of sp³-hybridized carbons (Fsp3) is 0.800. The Bertz CT molecular complexity index is 204. The molecule has 1 aliphatic rings. The van der Waals surface area contributed by atoms with Gasteiger partial charge < -0.3 is 9.90 Å². The summed E-state index contributed by atoms with van der Waals surface area (Å²) in [5.41, 5.74) is -0.300. The Kier molecular flexibility index (Phi) is 3.07. The fourth-order valence-corrected chi connectivity index (χ4v) is 2.19. The van der Waals surface area contributed by atoms with Gasteiger partial charge in [0.25, 0.3) is 0 Å². The average molecular weight is 184 g/mol. The molecule has 1 aliphatic carbocycles. The normalized spacial score (nSPS) is 23.5. The molecule has 13 heavy (non-hydrogen) atoms. The molecule has 0 aromatic carbocycles. The van der Waals surface area contributed by atoms with Gasteiger partial charge in [-0.05, 0) is 18.3 Å². The van der Waals surface area contributed by atoms with Crippen molar-refractivity contribution in [2.75, 3.05) is 0 Å². The predicted molar refractivity (Wildman–Crippen MR) is 48.4 cm³/mol. The van der Waals surface area contributed by atoms with E-state index in [2.05, 4.69) is 0 Å². The van der Waals surface area contributed by atoms with Crippen molar-refractivity contribution in [3.8, 4) is 0 Å². The Morgan fingerprint density at radius 3 is 2.31 bits per heavy atom. The third-order valence-corrected chi connectivity index (χ3v) is 3.15. The lowest BCUT2D eigenvalue weighted by Crippen LogP contribution is -2.36. The molecule has 1 unspecified atom stereocenters. The SMILES string of the molecule is CC1(C(C=O)C(=O)O)CCCCC1. The van der Waals surface area contributed by atoms with Crippen molar-refractivity contribution >= 4 is 12.3 Å². The first kappa shape index (κ1) is 10.2. The zero-order valence-corrected chi connectivity index (χ0v) is 7.95. The Labute approximate surface area is 78.1 Å². The first-order valence-electron chi connectivity index (χ1n) is 4.78. The quantitative estimate of drug-likeness (QED) is 0.538. The van der Waals surface area contributed by atoms with Crippen molar-refractivity contribution < 1.29 is 14.7 Å². The van der Waals surface area contributed by atoms with Crippen molar-refractivity contribution in [1.29, 1.82) is 0 Å². The van der Waals surface area contributed by atoms with Gasteiger partial charge in [0, 0.05) is 0 Å². The molecule has 0 saturated heterocycles. The van der Waals surface area contributed by atoms with Gasteiger partial charge in [-0.1, -0.05) is 26.2 Å². The molecule has 1 rings (SSSR count). The molecule has 0 aliphatic heterocycles. The van der Waals surface area contributed by atoms with Gasteiger partial charge in [-0.25, -0.2) is 0 Å². The number of carboxylic acid groups (broad SMARTS) is 1. The third kappa shape index (κ3) is 2.08. The van der Waals surface area contributed by atoms with Crippen LogP contribution >= 0.6 is 0 Å². The van der Waals surface area contributed by atoms with Crippen molar-refractivity contribution in [1.82, 2.24) is 0 Å². The first-order chi connectivity index (χ1) is 6.10. The Morgan fingerprint density at radius 2 is 1.92 bits per heavy atom. The largest absolute Gasteiger partial charge is 0.481 e. The third-order valence-electron chi connectivity index (χ3n) is 3.15. The highest BCUT2D eigenvalue weighted by Gasteiger charge is 2.39. The van der Waals surface area contributed by atoms with Gasteiger partial charge in [-0.3, -0.25) is 4.79 Å². The topological polar surface area (TPSA) is 54.4 Å². The number of carboxylic acids is 1. The summed E-state index contributed by atoms with van der Waals surface area (Å²) in [6.07, 6.45) is 5.59. The number of rotatable bonds is 3. The fourth-order valence-electron chi connectivity index (χ4n) is 2.19. The van der Waals surface area contributed by atoms with E-state index in [1.54, 1.807) is 0 Å². The second-order valence-electron chi connectivity index (χ2n) is 4.17. The lowest BCUT2D eigenvalue weighted by molar-refractivity contribution is -0.149. The first-order valence-corrected chi connectivity index (χ1v) is 4.78. The van der Waals surface area contributed by atoms with E-state index in [9.17, 15) is 9.59 Å². The highest BCUT2D eigenvalue weighted by atomic mass is 16.4. The second-order valence-corrected chi connectivity index (χ2v) is 4.17. The van der Waals surface area contributed by atoms with Gasteiger partial charge in [-0.2, -0.15) is 0 Å². The summed E-state index contributed by atoms with van der Waals surface area (Å²) >= 11 is 0. The molecule has 0 heterocycles. The number of aliphatic carboxylic acids is 1. The highest BCUT2D eigenvalue weighted by molar-refractivity contribution is 5.87. The smallest absolute Gasteiger partial charge is 0.314 e. The van der Waals surface area contributed by atoms with E-state index in [0.717, 1.165) is 25.7 Å². The lowest BCUT2D eigenvalue weighted by Gasteiger charge is -2.35. The Morgan fingerprint density at radius 1 is 1.38 bits per heavy atom. The Balaban J connectivity index is 2.74. The van der Waals surface area contributed by atoms with Crippen LogP contribution in [-0.2, 0) is 9.59 Å². The minimum Gasteiger partial charge on any atom is -0.481 e. The molecule has 1 fully saturated rings. The molecule has 74 valence electrons. The predicted octanol–water partition coefficient (Wildman–Crippen LogP) is 1.86. The van der Waals surface area contributed by atoms with E-state index in [-0.39, 0.29) is 5.41 Å². The van der Waals surface area contributed by atoms with Crippen LogP contribution in [0.2, 0.25) is 0 Å². The summed E-state index contributed by atoms with van der Waals surface area (Å²) in [4.78, 5) is 21.5. The maximum absolute atomic E-state index is 10.8. The number of aldehydes is 1. The van der Waals surface area contributed by atoms with Crippen molar-refractivity contribution in [3.63, 3.8) is 0 Å². The monoisotopic (exact) mass is 184 g/mol. The molecule has 1 atom stereocenters. The van der Waals surface area contributed by atoms with Crippen LogP contribution < -0.4 is 0 Å². The molecule has 3 nitrogen and oxygen atoms in total. The van der Waals surface area contributed by atoms with Crippen LogP contribution in [0, 0.1) is 11.3 Å². The van der Waals surface area contributed by atoms with Gasteiger partial charge >= 0.3 is 5.97 Å². The van der Waals surface area contributed by atoms with Crippen LogP contribution in [0.15, 0.2) is 0 Å². The minimum absolute atomic E-state index is 0.300. The summed E-state index contributed by atoms with van der Waals surface area (Å²) < 4.78 is 0. The van der Waals surface area contributed by atoms with Gasteiger partial charge in [0.1, 0.15) is 12.2 Å². The van der Waals surface area contributed by atoms with Gasteiger partial charge in [0.05, 0.1) is 0 Å². The van der Waals surface area contributed by atoms with Gasteiger partial charge in [-0.15, -0.1) is 0 Å². The van der Waals surface area contributed by atoms with Gasteiger partial charge in [0.2, 0.25) is 0 Å². The molecule has 0 amide bonds.